The molecule has 1 aromatic heterocycles. The zero-order chi connectivity index (χ0) is 12.5. The fourth-order valence-electron chi connectivity index (χ4n) is 1.59. The number of halogens is 3. The summed E-state index contributed by atoms with van der Waals surface area (Å²) in [5.41, 5.74) is 1.16. The summed E-state index contributed by atoms with van der Waals surface area (Å²) >= 11 is 0. The van der Waals surface area contributed by atoms with Crippen molar-refractivity contribution in [3.8, 4) is 0 Å². The molecule has 1 N–H and O–H groups in total. The SMILES string of the molecule is OC(Cc1ccc2ncccc2c1)C(F)(F)F. The normalized spacial score (nSPS) is 13.9. The monoisotopic (exact) mass is 241 g/mol. The van der Waals surface area contributed by atoms with Crippen LogP contribution in [-0.2, 0) is 6.42 Å². The van der Waals surface area contributed by atoms with Crippen LogP contribution in [0.25, 0.3) is 10.9 Å². The van der Waals surface area contributed by atoms with E-state index in [1.807, 2.05) is 0 Å². The minimum atomic E-state index is -4.58. The molecule has 0 saturated carbocycles. The largest absolute Gasteiger partial charge is 0.414 e. The van der Waals surface area contributed by atoms with E-state index in [2.05, 4.69) is 4.98 Å². The number of aliphatic hydroxyl groups is 1. The third-order valence-corrected chi connectivity index (χ3v) is 2.47. The van der Waals surface area contributed by atoms with E-state index in [0.717, 1.165) is 10.9 Å². The first-order valence-electron chi connectivity index (χ1n) is 5.05. The molecule has 5 heteroatoms. The first-order chi connectivity index (χ1) is 7.97. The number of nitrogens with zero attached hydrogens (tertiary/aromatic N) is 1. The van der Waals surface area contributed by atoms with E-state index in [0.29, 0.717) is 5.56 Å². The van der Waals surface area contributed by atoms with E-state index in [-0.39, 0.29) is 0 Å². The molecular formula is C12H10F3NO. The van der Waals surface area contributed by atoms with Crippen LogP contribution >= 0.6 is 0 Å². The molecule has 1 aromatic carbocycles. The summed E-state index contributed by atoms with van der Waals surface area (Å²) in [6.07, 6.45) is -5.72. The van der Waals surface area contributed by atoms with Gasteiger partial charge in [0.1, 0.15) is 0 Å². The smallest absolute Gasteiger partial charge is 0.383 e. The number of aromatic nitrogens is 1. The zero-order valence-corrected chi connectivity index (χ0v) is 8.78. The first-order valence-corrected chi connectivity index (χ1v) is 5.05. The van der Waals surface area contributed by atoms with Crippen molar-refractivity contribution in [2.45, 2.75) is 18.7 Å². The van der Waals surface area contributed by atoms with E-state index >= 15 is 0 Å². The Kier molecular flexibility index (Phi) is 3.02. The molecule has 2 aromatic rings. The third kappa shape index (κ3) is 2.74. The number of hydrogen-bond acceptors (Lipinski definition) is 2. The molecule has 0 radical (unpaired) electrons. The fourth-order valence-corrected chi connectivity index (χ4v) is 1.59. The average Bonchev–Trinajstić information content (AvgIpc) is 2.27. The average molecular weight is 241 g/mol. The van der Waals surface area contributed by atoms with Crippen LogP contribution in [0.3, 0.4) is 0 Å². The van der Waals surface area contributed by atoms with Gasteiger partial charge in [-0.05, 0) is 23.8 Å². The van der Waals surface area contributed by atoms with Crippen molar-refractivity contribution in [1.82, 2.24) is 4.98 Å². The highest BCUT2D eigenvalue weighted by atomic mass is 19.4. The van der Waals surface area contributed by atoms with Crippen molar-refractivity contribution in [2.75, 3.05) is 0 Å². The molecule has 1 atom stereocenters. The first kappa shape index (κ1) is 11.9. The minimum Gasteiger partial charge on any atom is -0.383 e. The van der Waals surface area contributed by atoms with E-state index in [1.165, 1.54) is 0 Å². The molecule has 0 aliphatic heterocycles. The van der Waals surface area contributed by atoms with Gasteiger partial charge in [0.2, 0.25) is 0 Å². The van der Waals surface area contributed by atoms with Crippen LogP contribution in [0.15, 0.2) is 36.5 Å². The molecule has 0 spiro atoms. The van der Waals surface area contributed by atoms with Gasteiger partial charge < -0.3 is 5.11 Å². The topological polar surface area (TPSA) is 33.1 Å². The quantitative estimate of drug-likeness (QED) is 0.876. The van der Waals surface area contributed by atoms with Gasteiger partial charge in [0.05, 0.1) is 5.52 Å². The maximum absolute atomic E-state index is 12.2. The molecule has 1 unspecified atom stereocenters. The number of rotatable bonds is 2. The minimum absolute atomic E-state index is 0.436. The second kappa shape index (κ2) is 4.33. The van der Waals surface area contributed by atoms with Gasteiger partial charge in [0.15, 0.2) is 6.10 Å². The molecule has 17 heavy (non-hydrogen) atoms. The number of fused-ring (bicyclic) bond motifs is 1. The van der Waals surface area contributed by atoms with Gasteiger partial charge in [-0.2, -0.15) is 13.2 Å². The Bertz CT molecular complexity index is 524. The second-order valence-corrected chi connectivity index (χ2v) is 3.79. The predicted octanol–water partition coefficient (Wildman–Crippen LogP) is 2.70. The lowest BCUT2D eigenvalue weighted by atomic mass is 10.1. The van der Waals surface area contributed by atoms with Crippen LogP contribution in [0.5, 0.6) is 0 Å². The van der Waals surface area contributed by atoms with Crippen molar-refractivity contribution in [2.24, 2.45) is 0 Å². The summed E-state index contributed by atoms with van der Waals surface area (Å²) in [4.78, 5) is 4.07. The maximum Gasteiger partial charge on any atom is 0.414 e. The van der Waals surface area contributed by atoms with Crippen LogP contribution in [-0.4, -0.2) is 22.4 Å². The second-order valence-electron chi connectivity index (χ2n) is 3.79. The Morgan fingerprint density at radius 1 is 1.24 bits per heavy atom. The summed E-state index contributed by atoms with van der Waals surface area (Å²) in [6.45, 7) is 0. The van der Waals surface area contributed by atoms with Crippen LogP contribution in [0.4, 0.5) is 13.2 Å². The molecule has 0 aliphatic rings. The van der Waals surface area contributed by atoms with Crippen molar-refractivity contribution in [1.29, 1.82) is 0 Å². The van der Waals surface area contributed by atoms with Crippen LogP contribution in [0.1, 0.15) is 5.56 Å². The van der Waals surface area contributed by atoms with Crippen molar-refractivity contribution in [3.63, 3.8) is 0 Å². The Balaban J connectivity index is 2.25. The van der Waals surface area contributed by atoms with Gasteiger partial charge in [-0.15, -0.1) is 0 Å². The zero-order valence-electron chi connectivity index (χ0n) is 8.78. The molecule has 0 amide bonds. The Morgan fingerprint density at radius 2 is 2.00 bits per heavy atom. The van der Waals surface area contributed by atoms with Gasteiger partial charge >= 0.3 is 6.18 Å². The molecule has 1 heterocycles. The molecule has 0 fully saturated rings. The van der Waals surface area contributed by atoms with Crippen LogP contribution in [0.2, 0.25) is 0 Å². The number of pyridine rings is 1. The van der Waals surface area contributed by atoms with Crippen molar-refractivity contribution in [3.05, 3.63) is 42.1 Å². The summed E-state index contributed by atoms with van der Waals surface area (Å²) in [5.74, 6) is 0. The molecular weight excluding hydrogens is 231 g/mol. The lowest BCUT2D eigenvalue weighted by Crippen LogP contribution is -2.30. The molecule has 2 nitrogen and oxygen atoms in total. The molecule has 0 bridgehead atoms. The Hall–Kier alpha value is -1.62. The van der Waals surface area contributed by atoms with E-state index in [1.54, 1.807) is 36.5 Å². The molecule has 0 aliphatic carbocycles. The van der Waals surface area contributed by atoms with Crippen molar-refractivity contribution >= 4 is 10.9 Å². The van der Waals surface area contributed by atoms with Gasteiger partial charge in [0, 0.05) is 18.0 Å². The van der Waals surface area contributed by atoms with Crippen molar-refractivity contribution < 1.29 is 18.3 Å². The van der Waals surface area contributed by atoms with Crippen LogP contribution < -0.4 is 0 Å². The summed E-state index contributed by atoms with van der Waals surface area (Å²) in [6, 6.07) is 8.29. The highest BCUT2D eigenvalue weighted by molar-refractivity contribution is 5.78. The van der Waals surface area contributed by atoms with E-state index < -0.39 is 18.7 Å². The van der Waals surface area contributed by atoms with Gasteiger partial charge in [0.25, 0.3) is 0 Å². The summed E-state index contributed by atoms with van der Waals surface area (Å²) in [7, 11) is 0. The summed E-state index contributed by atoms with van der Waals surface area (Å²) in [5, 5.41) is 9.73. The summed E-state index contributed by atoms with van der Waals surface area (Å²) < 4.78 is 36.6. The predicted molar refractivity (Wildman–Crippen MR) is 57.5 cm³/mol. The lowest BCUT2D eigenvalue weighted by molar-refractivity contribution is -0.203. The number of hydrogen-bond donors (Lipinski definition) is 1. The number of alkyl halides is 3. The number of benzene rings is 1. The van der Waals surface area contributed by atoms with Gasteiger partial charge in [-0.3, -0.25) is 4.98 Å². The Labute approximate surface area is 95.7 Å². The lowest BCUT2D eigenvalue weighted by Gasteiger charge is -2.14. The van der Waals surface area contributed by atoms with Gasteiger partial charge in [-0.1, -0.05) is 12.1 Å². The molecule has 0 saturated heterocycles. The van der Waals surface area contributed by atoms with Crippen LogP contribution in [0, 0.1) is 0 Å². The fraction of sp³-hybridized carbons (Fsp3) is 0.250. The highest BCUT2D eigenvalue weighted by Crippen LogP contribution is 2.24. The highest BCUT2D eigenvalue weighted by Gasteiger charge is 2.37. The Morgan fingerprint density at radius 3 is 2.71 bits per heavy atom. The third-order valence-electron chi connectivity index (χ3n) is 2.47. The molecule has 90 valence electrons. The van der Waals surface area contributed by atoms with Gasteiger partial charge in [-0.25, -0.2) is 0 Å². The van der Waals surface area contributed by atoms with E-state index in [4.69, 9.17) is 5.11 Å². The number of aliphatic hydroxyl groups excluding tert-OH is 1. The maximum atomic E-state index is 12.2. The standard InChI is InChI=1S/C12H10F3NO/c13-12(14,15)11(17)7-8-3-4-10-9(6-8)2-1-5-16-10/h1-6,11,17H,7H2. The molecule has 2 rings (SSSR count). The van der Waals surface area contributed by atoms with E-state index in [9.17, 15) is 13.2 Å².